The van der Waals surface area contributed by atoms with E-state index in [4.69, 9.17) is 0 Å². The van der Waals surface area contributed by atoms with Gasteiger partial charge in [-0.05, 0) is 44.5 Å². The molecule has 1 heterocycles. The van der Waals surface area contributed by atoms with Crippen LogP contribution in [0, 0.1) is 0 Å². The number of hydrogen-bond donors (Lipinski definition) is 1. The van der Waals surface area contributed by atoms with E-state index in [2.05, 4.69) is 5.32 Å². The number of carbonyl (C=O) groups is 2. The fourth-order valence-electron chi connectivity index (χ4n) is 2.06. The van der Waals surface area contributed by atoms with Crippen LogP contribution < -0.4 is 10.2 Å². The van der Waals surface area contributed by atoms with Crippen LogP contribution >= 0.6 is 0 Å². The standard InChI is InChI=1S/C14H18N2O2/c1-10(2)15-14(18)11-5-7-12(8-6-11)16-9-3-4-13(16)17/h5-8,10H,3-4,9H2,1-2H3,(H,15,18). The van der Waals surface area contributed by atoms with Crippen LogP contribution in [0.1, 0.15) is 37.0 Å². The summed E-state index contributed by atoms with van der Waals surface area (Å²) in [5.74, 6) is 0.0821. The van der Waals surface area contributed by atoms with Crippen molar-refractivity contribution < 1.29 is 9.59 Å². The fourth-order valence-corrected chi connectivity index (χ4v) is 2.06. The topological polar surface area (TPSA) is 49.4 Å². The van der Waals surface area contributed by atoms with E-state index in [9.17, 15) is 9.59 Å². The lowest BCUT2D eigenvalue weighted by Gasteiger charge is -2.16. The van der Waals surface area contributed by atoms with Gasteiger partial charge in [0.2, 0.25) is 5.91 Å². The van der Waals surface area contributed by atoms with Gasteiger partial charge in [-0.3, -0.25) is 9.59 Å². The molecule has 0 spiro atoms. The van der Waals surface area contributed by atoms with Crippen LogP contribution in [0.15, 0.2) is 24.3 Å². The summed E-state index contributed by atoms with van der Waals surface area (Å²) in [6.07, 6.45) is 1.53. The van der Waals surface area contributed by atoms with Gasteiger partial charge in [-0.1, -0.05) is 0 Å². The third-order valence-corrected chi connectivity index (χ3v) is 2.93. The van der Waals surface area contributed by atoms with Gasteiger partial charge >= 0.3 is 0 Å². The van der Waals surface area contributed by atoms with Crippen LogP contribution in [0.3, 0.4) is 0 Å². The molecular weight excluding hydrogens is 228 g/mol. The molecule has 0 atom stereocenters. The summed E-state index contributed by atoms with van der Waals surface area (Å²) in [5.41, 5.74) is 1.50. The van der Waals surface area contributed by atoms with Gasteiger partial charge < -0.3 is 10.2 Å². The van der Waals surface area contributed by atoms with Gasteiger partial charge in [0.15, 0.2) is 0 Å². The lowest BCUT2D eigenvalue weighted by Crippen LogP contribution is -2.30. The lowest BCUT2D eigenvalue weighted by molar-refractivity contribution is -0.117. The molecular formula is C14H18N2O2. The zero-order valence-corrected chi connectivity index (χ0v) is 10.8. The summed E-state index contributed by atoms with van der Waals surface area (Å²) in [7, 11) is 0. The number of nitrogens with zero attached hydrogens (tertiary/aromatic N) is 1. The normalized spacial score (nSPS) is 15.3. The third-order valence-electron chi connectivity index (χ3n) is 2.93. The largest absolute Gasteiger partial charge is 0.350 e. The first-order valence-corrected chi connectivity index (χ1v) is 6.29. The Hall–Kier alpha value is -1.84. The summed E-state index contributed by atoms with van der Waals surface area (Å²) in [6, 6.07) is 7.31. The Labute approximate surface area is 107 Å². The Morgan fingerprint density at radius 1 is 1.28 bits per heavy atom. The van der Waals surface area contributed by atoms with Gasteiger partial charge in [-0.15, -0.1) is 0 Å². The number of nitrogens with one attached hydrogen (secondary N) is 1. The lowest BCUT2D eigenvalue weighted by atomic mass is 10.1. The first-order chi connectivity index (χ1) is 8.58. The zero-order chi connectivity index (χ0) is 13.1. The molecule has 2 rings (SSSR count). The van der Waals surface area contributed by atoms with E-state index in [1.807, 2.05) is 26.0 Å². The molecule has 1 aromatic carbocycles. The Bertz CT molecular complexity index is 451. The Morgan fingerprint density at radius 3 is 2.44 bits per heavy atom. The Kier molecular flexibility index (Phi) is 3.65. The molecule has 1 aliphatic rings. The monoisotopic (exact) mass is 246 g/mol. The molecule has 1 aliphatic heterocycles. The molecule has 1 fully saturated rings. The molecule has 0 aliphatic carbocycles. The highest BCUT2D eigenvalue weighted by molar-refractivity contribution is 5.97. The molecule has 1 N–H and O–H groups in total. The van der Waals surface area contributed by atoms with Gasteiger partial charge in [0, 0.05) is 30.3 Å². The van der Waals surface area contributed by atoms with Crippen LogP contribution in [0.5, 0.6) is 0 Å². The van der Waals surface area contributed by atoms with Crippen LogP contribution in [0.2, 0.25) is 0 Å². The molecule has 0 bridgehead atoms. The molecule has 1 aromatic rings. The second kappa shape index (κ2) is 5.21. The molecule has 4 heteroatoms. The Morgan fingerprint density at radius 2 is 1.94 bits per heavy atom. The summed E-state index contributed by atoms with van der Waals surface area (Å²) < 4.78 is 0. The van der Waals surface area contributed by atoms with Crippen LogP contribution in [-0.2, 0) is 4.79 Å². The minimum Gasteiger partial charge on any atom is -0.350 e. The molecule has 0 aromatic heterocycles. The molecule has 4 nitrogen and oxygen atoms in total. The molecule has 0 saturated carbocycles. The van der Waals surface area contributed by atoms with Gasteiger partial charge in [0.1, 0.15) is 0 Å². The van der Waals surface area contributed by atoms with Crippen molar-refractivity contribution in [3.05, 3.63) is 29.8 Å². The number of carbonyl (C=O) groups excluding carboxylic acids is 2. The first-order valence-electron chi connectivity index (χ1n) is 6.29. The SMILES string of the molecule is CC(C)NC(=O)c1ccc(N2CCCC2=O)cc1. The summed E-state index contributed by atoms with van der Waals surface area (Å²) in [6.45, 7) is 4.63. The van der Waals surface area contributed by atoms with Crippen LogP contribution in [0.25, 0.3) is 0 Å². The highest BCUT2D eigenvalue weighted by atomic mass is 16.2. The third kappa shape index (κ3) is 2.70. The number of amides is 2. The van der Waals surface area contributed by atoms with Crippen molar-refractivity contribution in [1.29, 1.82) is 0 Å². The molecule has 96 valence electrons. The van der Waals surface area contributed by atoms with Gasteiger partial charge in [0.05, 0.1) is 0 Å². The van der Waals surface area contributed by atoms with E-state index in [1.165, 1.54) is 0 Å². The highest BCUT2D eigenvalue weighted by Gasteiger charge is 2.21. The number of benzene rings is 1. The average molecular weight is 246 g/mol. The fraction of sp³-hybridized carbons (Fsp3) is 0.429. The van der Waals surface area contributed by atoms with E-state index < -0.39 is 0 Å². The van der Waals surface area contributed by atoms with E-state index in [0.29, 0.717) is 12.0 Å². The summed E-state index contributed by atoms with van der Waals surface area (Å²) >= 11 is 0. The van der Waals surface area contributed by atoms with Gasteiger partial charge in [-0.25, -0.2) is 0 Å². The van der Waals surface area contributed by atoms with Crippen LogP contribution in [0.4, 0.5) is 5.69 Å². The number of rotatable bonds is 3. The maximum absolute atomic E-state index is 11.8. The Balaban J connectivity index is 2.10. The quantitative estimate of drug-likeness (QED) is 0.886. The van der Waals surface area contributed by atoms with E-state index >= 15 is 0 Å². The predicted octanol–water partition coefficient (Wildman–Crippen LogP) is 1.95. The van der Waals surface area contributed by atoms with Crippen molar-refractivity contribution in [2.24, 2.45) is 0 Å². The molecule has 18 heavy (non-hydrogen) atoms. The molecule has 2 amide bonds. The smallest absolute Gasteiger partial charge is 0.251 e. The van der Waals surface area contributed by atoms with Crippen LogP contribution in [-0.4, -0.2) is 24.4 Å². The number of hydrogen-bond acceptors (Lipinski definition) is 2. The van der Waals surface area contributed by atoms with E-state index in [-0.39, 0.29) is 17.9 Å². The van der Waals surface area contributed by atoms with Crippen molar-refractivity contribution in [2.45, 2.75) is 32.7 Å². The summed E-state index contributed by atoms with van der Waals surface area (Å²) in [4.78, 5) is 25.1. The van der Waals surface area contributed by atoms with Crippen molar-refractivity contribution in [1.82, 2.24) is 5.32 Å². The second-order valence-corrected chi connectivity index (χ2v) is 4.82. The van der Waals surface area contributed by atoms with Crippen molar-refractivity contribution in [2.75, 3.05) is 11.4 Å². The predicted molar refractivity (Wildman–Crippen MR) is 70.6 cm³/mol. The molecule has 1 saturated heterocycles. The maximum atomic E-state index is 11.8. The average Bonchev–Trinajstić information content (AvgIpc) is 2.75. The summed E-state index contributed by atoms with van der Waals surface area (Å²) in [5, 5.41) is 2.84. The van der Waals surface area contributed by atoms with E-state index in [0.717, 1.165) is 18.7 Å². The van der Waals surface area contributed by atoms with Crippen molar-refractivity contribution in [3.8, 4) is 0 Å². The molecule has 0 unspecified atom stereocenters. The second-order valence-electron chi connectivity index (χ2n) is 4.82. The minimum atomic E-state index is -0.0794. The van der Waals surface area contributed by atoms with Crippen molar-refractivity contribution >= 4 is 17.5 Å². The first kappa shape index (κ1) is 12.6. The number of anilines is 1. The van der Waals surface area contributed by atoms with Gasteiger partial charge in [0.25, 0.3) is 5.91 Å². The highest BCUT2D eigenvalue weighted by Crippen LogP contribution is 2.21. The minimum absolute atomic E-state index is 0.0794. The zero-order valence-electron chi connectivity index (χ0n) is 10.8. The van der Waals surface area contributed by atoms with E-state index in [1.54, 1.807) is 17.0 Å². The maximum Gasteiger partial charge on any atom is 0.251 e. The molecule has 0 radical (unpaired) electrons. The van der Waals surface area contributed by atoms with Crippen molar-refractivity contribution in [3.63, 3.8) is 0 Å². The van der Waals surface area contributed by atoms with Gasteiger partial charge in [-0.2, -0.15) is 0 Å².